The number of esters is 2. The molecule has 2 unspecified atom stereocenters. The van der Waals surface area contributed by atoms with Gasteiger partial charge < -0.3 is 19.3 Å². The lowest BCUT2D eigenvalue weighted by atomic mass is 9.99. The molecule has 0 fully saturated rings. The topological polar surface area (TPSA) is 59.1 Å². The van der Waals surface area contributed by atoms with E-state index in [1.165, 1.54) is 0 Å². The fourth-order valence-corrected chi connectivity index (χ4v) is 2.30. The molecule has 25 heavy (non-hydrogen) atoms. The molecule has 0 heterocycles. The van der Waals surface area contributed by atoms with Gasteiger partial charge in [-0.25, -0.2) is 4.79 Å². The van der Waals surface area contributed by atoms with Gasteiger partial charge in [0.1, 0.15) is 11.2 Å². The molecule has 0 saturated heterocycles. The van der Waals surface area contributed by atoms with Gasteiger partial charge in [0.05, 0.1) is 6.42 Å². The number of likely N-dealkylation sites (N-methyl/N-ethyl adjacent to an activating group) is 2. The molecule has 146 valence electrons. The Bertz CT molecular complexity index is 496. The Morgan fingerprint density at radius 2 is 1.24 bits per heavy atom. The molecule has 0 aliphatic carbocycles. The van der Waals surface area contributed by atoms with E-state index in [-0.39, 0.29) is 24.1 Å². The third kappa shape index (κ3) is 7.16. The summed E-state index contributed by atoms with van der Waals surface area (Å²) in [5.41, 5.74) is -1.28. The highest BCUT2D eigenvalue weighted by Crippen LogP contribution is 2.22. The summed E-state index contributed by atoms with van der Waals surface area (Å²) in [4.78, 5) is 28.4. The summed E-state index contributed by atoms with van der Waals surface area (Å²) >= 11 is 0. The van der Waals surface area contributed by atoms with Gasteiger partial charge in [0.15, 0.2) is 0 Å². The van der Waals surface area contributed by atoms with Gasteiger partial charge in [0, 0.05) is 17.7 Å². The number of ether oxygens (including phenoxy) is 2. The Kier molecular flexibility index (Phi) is 8.31. The summed E-state index contributed by atoms with van der Waals surface area (Å²) in [7, 11) is 7.68. The van der Waals surface area contributed by atoms with E-state index in [9.17, 15) is 9.59 Å². The van der Waals surface area contributed by atoms with Gasteiger partial charge in [-0.05, 0) is 69.7 Å². The van der Waals surface area contributed by atoms with Gasteiger partial charge in [-0.1, -0.05) is 6.58 Å². The summed E-state index contributed by atoms with van der Waals surface area (Å²) in [6.45, 7) is 15.0. The van der Waals surface area contributed by atoms with E-state index in [2.05, 4.69) is 6.58 Å². The number of hydrogen-bond donors (Lipinski definition) is 0. The number of rotatable bonds is 9. The number of nitrogens with zero attached hydrogens (tertiary/aromatic N) is 2. The van der Waals surface area contributed by atoms with Crippen LogP contribution in [0.3, 0.4) is 0 Å². The molecule has 0 saturated carbocycles. The van der Waals surface area contributed by atoms with Crippen LogP contribution in [0.1, 0.15) is 48.0 Å². The quantitative estimate of drug-likeness (QED) is 0.467. The predicted octanol–water partition coefficient (Wildman–Crippen LogP) is 2.48. The fraction of sp³-hybridized carbons (Fsp3) is 0.789. The van der Waals surface area contributed by atoms with E-state index in [1.54, 1.807) is 0 Å². The third-order valence-electron chi connectivity index (χ3n) is 4.94. The van der Waals surface area contributed by atoms with Crippen LogP contribution in [-0.2, 0) is 19.1 Å². The van der Waals surface area contributed by atoms with Crippen LogP contribution < -0.4 is 0 Å². The van der Waals surface area contributed by atoms with Crippen molar-refractivity contribution in [1.29, 1.82) is 0 Å². The van der Waals surface area contributed by atoms with E-state index < -0.39 is 23.1 Å². The molecule has 0 radical (unpaired) electrons. The molecule has 0 aliphatic rings. The summed E-state index contributed by atoms with van der Waals surface area (Å²) in [6, 6.07) is 0.0348. The second-order valence-electron chi connectivity index (χ2n) is 8.13. The van der Waals surface area contributed by atoms with Gasteiger partial charge in [-0.2, -0.15) is 0 Å². The highest BCUT2D eigenvalue weighted by molar-refractivity contribution is 5.93. The minimum absolute atomic E-state index is 0.0103. The molecule has 0 bridgehead atoms. The fourth-order valence-electron chi connectivity index (χ4n) is 2.30. The van der Waals surface area contributed by atoms with Crippen molar-refractivity contribution in [3.63, 3.8) is 0 Å². The van der Waals surface area contributed by atoms with Crippen molar-refractivity contribution in [2.24, 2.45) is 0 Å². The van der Waals surface area contributed by atoms with Gasteiger partial charge in [0.25, 0.3) is 0 Å². The molecule has 0 spiro atoms. The van der Waals surface area contributed by atoms with Crippen molar-refractivity contribution >= 4 is 11.9 Å². The Balaban J connectivity index is 4.78. The van der Waals surface area contributed by atoms with Crippen LogP contribution in [0.4, 0.5) is 0 Å². The first kappa shape index (κ1) is 23.6. The monoisotopic (exact) mass is 356 g/mol. The maximum absolute atomic E-state index is 12.3. The molecular formula is C19H36N2O4. The van der Waals surface area contributed by atoms with E-state index in [1.807, 2.05) is 79.5 Å². The number of carbonyl (C=O) groups excluding carboxylic acids is 2. The van der Waals surface area contributed by atoms with Crippen molar-refractivity contribution in [3.05, 3.63) is 12.2 Å². The standard InChI is InChI=1S/C19H36N2O4/c1-13(17(23)25-19(6,7)15(3)21(10)11)12-16(22)24-18(4,5)14(2)20(8)9/h14-15H,1,12H2,2-11H3. The molecule has 0 N–H and O–H groups in total. The second-order valence-corrected chi connectivity index (χ2v) is 8.13. The molecule has 0 aliphatic heterocycles. The first-order valence-electron chi connectivity index (χ1n) is 8.57. The van der Waals surface area contributed by atoms with Crippen molar-refractivity contribution in [3.8, 4) is 0 Å². The van der Waals surface area contributed by atoms with Gasteiger partial charge >= 0.3 is 11.9 Å². The smallest absolute Gasteiger partial charge is 0.334 e. The second kappa shape index (κ2) is 8.81. The summed E-state index contributed by atoms with van der Waals surface area (Å²) in [5, 5.41) is 0. The van der Waals surface area contributed by atoms with Crippen molar-refractivity contribution in [2.45, 2.75) is 71.2 Å². The van der Waals surface area contributed by atoms with Crippen LogP contribution in [0.5, 0.6) is 0 Å². The maximum Gasteiger partial charge on any atom is 0.334 e. The molecule has 0 rings (SSSR count). The van der Waals surface area contributed by atoms with Crippen LogP contribution in [0.25, 0.3) is 0 Å². The molecule has 6 heteroatoms. The zero-order valence-corrected chi connectivity index (χ0v) is 17.6. The lowest BCUT2D eigenvalue weighted by Gasteiger charge is -2.36. The Labute approximate surface area is 153 Å². The molecular weight excluding hydrogens is 320 g/mol. The first-order chi connectivity index (χ1) is 11.1. The lowest BCUT2D eigenvalue weighted by Crippen LogP contribution is -2.47. The van der Waals surface area contributed by atoms with Crippen LogP contribution in [0.2, 0.25) is 0 Å². The average molecular weight is 357 g/mol. The SMILES string of the molecule is C=C(CC(=O)OC(C)(C)C(C)N(C)C)C(=O)OC(C)(C)C(C)N(C)C. The normalized spacial score (nSPS) is 15.0. The molecule has 6 nitrogen and oxygen atoms in total. The van der Waals surface area contributed by atoms with E-state index >= 15 is 0 Å². The largest absolute Gasteiger partial charge is 0.458 e. The molecule has 0 amide bonds. The lowest BCUT2D eigenvalue weighted by molar-refractivity contribution is -0.164. The zero-order valence-electron chi connectivity index (χ0n) is 17.6. The van der Waals surface area contributed by atoms with E-state index in [0.29, 0.717) is 0 Å². The van der Waals surface area contributed by atoms with Crippen LogP contribution in [0, 0.1) is 0 Å². The van der Waals surface area contributed by atoms with Gasteiger partial charge in [-0.15, -0.1) is 0 Å². The maximum atomic E-state index is 12.3. The minimum Gasteiger partial charge on any atom is -0.458 e. The molecule has 2 atom stereocenters. The third-order valence-corrected chi connectivity index (χ3v) is 4.94. The average Bonchev–Trinajstić information content (AvgIpc) is 2.43. The van der Waals surface area contributed by atoms with Crippen LogP contribution in [-0.4, -0.2) is 73.2 Å². The van der Waals surface area contributed by atoms with Gasteiger partial charge in [0.2, 0.25) is 0 Å². The number of hydrogen-bond acceptors (Lipinski definition) is 6. The van der Waals surface area contributed by atoms with Gasteiger partial charge in [-0.3, -0.25) is 4.79 Å². The van der Waals surface area contributed by atoms with Crippen molar-refractivity contribution in [1.82, 2.24) is 9.80 Å². The van der Waals surface area contributed by atoms with Crippen molar-refractivity contribution < 1.29 is 19.1 Å². The van der Waals surface area contributed by atoms with E-state index in [0.717, 1.165) is 0 Å². The first-order valence-corrected chi connectivity index (χ1v) is 8.57. The zero-order chi connectivity index (χ0) is 20.2. The predicted molar refractivity (Wildman–Crippen MR) is 100 cm³/mol. The highest BCUT2D eigenvalue weighted by atomic mass is 16.6. The van der Waals surface area contributed by atoms with Crippen LogP contribution >= 0.6 is 0 Å². The molecule has 0 aromatic heterocycles. The van der Waals surface area contributed by atoms with E-state index in [4.69, 9.17) is 9.47 Å². The summed E-state index contributed by atoms with van der Waals surface area (Å²) in [5.74, 6) is -1.06. The Morgan fingerprint density at radius 3 is 1.60 bits per heavy atom. The Hall–Kier alpha value is -1.40. The summed E-state index contributed by atoms with van der Waals surface area (Å²) < 4.78 is 11.1. The number of carbonyl (C=O) groups is 2. The molecule has 0 aromatic carbocycles. The minimum atomic E-state index is -0.702. The highest BCUT2D eigenvalue weighted by Gasteiger charge is 2.34. The summed E-state index contributed by atoms with van der Waals surface area (Å²) in [6.07, 6.45) is -0.186. The Morgan fingerprint density at radius 1 is 0.880 bits per heavy atom. The van der Waals surface area contributed by atoms with Crippen molar-refractivity contribution in [2.75, 3.05) is 28.2 Å². The molecule has 0 aromatic rings. The van der Waals surface area contributed by atoms with Crippen LogP contribution in [0.15, 0.2) is 12.2 Å².